The highest BCUT2D eigenvalue weighted by Gasteiger charge is 2.16. The summed E-state index contributed by atoms with van der Waals surface area (Å²) in [5, 5.41) is 4.30. The molecule has 1 aromatic heterocycles. The lowest BCUT2D eigenvalue weighted by Crippen LogP contribution is -2.22. The first-order valence-electron chi connectivity index (χ1n) is 3.95. The predicted molar refractivity (Wildman–Crippen MR) is 51.6 cm³/mol. The number of aliphatic imine (C=N–C) groups is 1. The summed E-state index contributed by atoms with van der Waals surface area (Å²) in [6.45, 7) is 5.01. The molecule has 1 atom stereocenters. The Morgan fingerprint density at radius 3 is 3.17 bits per heavy atom. The van der Waals surface area contributed by atoms with Gasteiger partial charge in [-0.15, -0.1) is 0 Å². The van der Waals surface area contributed by atoms with E-state index < -0.39 is 0 Å². The van der Waals surface area contributed by atoms with Gasteiger partial charge in [0.25, 0.3) is 0 Å². The van der Waals surface area contributed by atoms with E-state index in [0.717, 1.165) is 22.6 Å². The number of hydrogen-bond acceptors (Lipinski definition) is 2. The van der Waals surface area contributed by atoms with E-state index in [0.29, 0.717) is 6.04 Å². The first-order valence-corrected chi connectivity index (χ1v) is 4.74. The molecule has 0 unspecified atom stereocenters. The summed E-state index contributed by atoms with van der Waals surface area (Å²) in [5.74, 6) is 0. The molecule has 0 spiro atoms. The molecule has 1 aliphatic heterocycles. The summed E-state index contributed by atoms with van der Waals surface area (Å²) in [6.07, 6.45) is 0. The Labute approximate surface area is 79.6 Å². The molecule has 0 N–H and O–H groups in total. The third-order valence-electron chi connectivity index (χ3n) is 1.97. The number of hydrogen-bond donors (Lipinski definition) is 0. The number of aromatic nitrogens is 2. The van der Waals surface area contributed by atoms with Crippen LogP contribution in [0.25, 0.3) is 0 Å². The summed E-state index contributed by atoms with van der Waals surface area (Å²) in [6, 6.07) is 2.36. The fraction of sp³-hybridized carbons (Fsp3) is 0.500. The van der Waals surface area contributed by atoms with Crippen molar-refractivity contribution in [3.63, 3.8) is 0 Å². The Morgan fingerprint density at radius 2 is 2.42 bits per heavy atom. The van der Waals surface area contributed by atoms with Gasteiger partial charge >= 0.3 is 0 Å². The van der Waals surface area contributed by atoms with E-state index >= 15 is 0 Å². The minimum atomic E-state index is 0.351. The van der Waals surface area contributed by atoms with Crippen LogP contribution in [0, 0.1) is 0 Å². The SMILES string of the molecule is CC1=N[C@H](C)Cn2nc(Br)cc21. The van der Waals surface area contributed by atoms with Crippen molar-refractivity contribution in [1.82, 2.24) is 9.78 Å². The van der Waals surface area contributed by atoms with Crippen molar-refractivity contribution < 1.29 is 0 Å². The van der Waals surface area contributed by atoms with Crippen LogP contribution < -0.4 is 0 Å². The summed E-state index contributed by atoms with van der Waals surface area (Å²) in [5.41, 5.74) is 2.20. The lowest BCUT2D eigenvalue weighted by molar-refractivity contribution is 0.520. The highest BCUT2D eigenvalue weighted by atomic mass is 79.9. The highest BCUT2D eigenvalue weighted by molar-refractivity contribution is 9.10. The zero-order chi connectivity index (χ0) is 8.72. The Hall–Kier alpha value is -0.640. The van der Waals surface area contributed by atoms with E-state index in [1.165, 1.54) is 0 Å². The summed E-state index contributed by atoms with van der Waals surface area (Å²) >= 11 is 3.35. The van der Waals surface area contributed by atoms with E-state index in [1.54, 1.807) is 0 Å². The van der Waals surface area contributed by atoms with Gasteiger partial charge in [0.1, 0.15) is 4.60 Å². The molecular weight excluding hydrogens is 218 g/mol. The number of fused-ring (bicyclic) bond motifs is 1. The second kappa shape index (κ2) is 2.69. The van der Waals surface area contributed by atoms with Crippen molar-refractivity contribution in [1.29, 1.82) is 0 Å². The Kier molecular flexibility index (Phi) is 1.79. The molecule has 0 bridgehead atoms. The van der Waals surface area contributed by atoms with Gasteiger partial charge in [0, 0.05) is 0 Å². The normalized spacial score (nSPS) is 21.9. The van der Waals surface area contributed by atoms with Gasteiger partial charge in [-0.25, -0.2) is 0 Å². The van der Waals surface area contributed by atoms with E-state index in [4.69, 9.17) is 0 Å². The molecule has 2 rings (SSSR count). The zero-order valence-corrected chi connectivity index (χ0v) is 8.67. The van der Waals surface area contributed by atoms with E-state index in [2.05, 4.69) is 32.9 Å². The molecule has 0 saturated heterocycles. The standard InChI is InChI=1S/C8H10BrN3/c1-5-4-12-7(6(2)10-5)3-8(9)11-12/h3,5H,4H2,1-2H3/t5-/m1/s1. The summed E-state index contributed by atoms with van der Waals surface area (Å²) < 4.78 is 2.89. The van der Waals surface area contributed by atoms with Crippen LogP contribution in [0.4, 0.5) is 0 Å². The van der Waals surface area contributed by atoms with Crippen LogP contribution in [0.1, 0.15) is 19.5 Å². The molecule has 0 fully saturated rings. The van der Waals surface area contributed by atoms with E-state index in [1.807, 2.05) is 17.7 Å². The third kappa shape index (κ3) is 1.20. The minimum Gasteiger partial charge on any atom is -0.283 e. The van der Waals surface area contributed by atoms with Gasteiger partial charge in [-0.2, -0.15) is 5.10 Å². The second-order valence-electron chi connectivity index (χ2n) is 3.10. The molecule has 3 nitrogen and oxygen atoms in total. The molecule has 12 heavy (non-hydrogen) atoms. The fourth-order valence-electron chi connectivity index (χ4n) is 1.50. The zero-order valence-electron chi connectivity index (χ0n) is 7.08. The average Bonchev–Trinajstić information content (AvgIpc) is 2.29. The number of nitrogens with zero attached hydrogens (tertiary/aromatic N) is 3. The van der Waals surface area contributed by atoms with Gasteiger partial charge in [0.05, 0.1) is 24.0 Å². The monoisotopic (exact) mass is 227 g/mol. The van der Waals surface area contributed by atoms with Gasteiger partial charge in [-0.05, 0) is 35.8 Å². The average molecular weight is 228 g/mol. The first-order chi connectivity index (χ1) is 5.66. The maximum Gasteiger partial charge on any atom is 0.128 e. The number of rotatable bonds is 0. The molecule has 0 radical (unpaired) electrons. The van der Waals surface area contributed by atoms with Crippen LogP contribution in [0.5, 0.6) is 0 Å². The highest BCUT2D eigenvalue weighted by Crippen LogP contribution is 2.16. The largest absolute Gasteiger partial charge is 0.283 e. The maximum absolute atomic E-state index is 4.47. The van der Waals surface area contributed by atoms with E-state index in [9.17, 15) is 0 Å². The molecule has 0 aromatic carbocycles. The molecule has 0 amide bonds. The molecule has 2 heterocycles. The van der Waals surface area contributed by atoms with Gasteiger partial charge in [-0.3, -0.25) is 9.67 Å². The van der Waals surface area contributed by atoms with Crippen molar-refractivity contribution in [3.8, 4) is 0 Å². The quantitative estimate of drug-likeness (QED) is 0.666. The van der Waals surface area contributed by atoms with Gasteiger partial charge < -0.3 is 0 Å². The molecule has 1 aromatic rings. The minimum absolute atomic E-state index is 0.351. The molecular formula is C8H10BrN3. The van der Waals surface area contributed by atoms with Crippen LogP contribution in [-0.4, -0.2) is 21.5 Å². The Morgan fingerprint density at radius 1 is 1.67 bits per heavy atom. The fourth-order valence-corrected chi connectivity index (χ4v) is 1.91. The molecule has 0 saturated carbocycles. The van der Waals surface area contributed by atoms with Gasteiger partial charge in [-0.1, -0.05) is 0 Å². The smallest absolute Gasteiger partial charge is 0.128 e. The molecule has 0 aliphatic carbocycles. The van der Waals surface area contributed by atoms with Crippen molar-refractivity contribution >= 4 is 21.6 Å². The topological polar surface area (TPSA) is 30.2 Å². The summed E-state index contributed by atoms with van der Waals surface area (Å²) in [4.78, 5) is 4.47. The Bertz CT molecular complexity index is 340. The second-order valence-corrected chi connectivity index (χ2v) is 3.91. The number of halogens is 1. The van der Waals surface area contributed by atoms with E-state index in [-0.39, 0.29) is 0 Å². The van der Waals surface area contributed by atoms with Crippen molar-refractivity contribution in [2.24, 2.45) is 4.99 Å². The molecule has 4 heteroatoms. The van der Waals surface area contributed by atoms with Crippen LogP contribution in [0.2, 0.25) is 0 Å². The van der Waals surface area contributed by atoms with Crippen molar-refractivity contribution in [3.05, 3.63) is 16.4 Å². The molecule has 64 valence electrons. The van der Waals surface area contributed by atoms with Crippen LogP contribution in [-0.2, 0) is 6.54 Å². The van der Waals surface area contributed by atoms with Gasteiger partial charge in [0.2, 0.25) is 0 Å². The van der Waals surface area contributed by atoms with Crippen LogP contribution in [0.15, 0.2) is 15.7 Å². The van der Waals surface area contributed by atoms with Gasteiger partial charge in [0.15, 0.2) is 0 Å². The van der Waals surface area contributed by atoms with Crippen molar-refractivity contribution in [2.75, 3.05) is 0 Å². The maximum atomic E-state index is 4.47. The molecule has 1 aliphatic rings. The third-order valence-corrected chi connectivity index (χ3v) is 2.36. The predicted octanol–water partition coefficient (Wildman–Crippen LogP) is 1.86. The lowest BCUT2D eigenvalue weighted by Gasteiger charge is -2.16. The first kappa shape index (κ1) is 7.98. The van der Waals surface area contributed by atoms with Crippen LogP contribution >= 0.6 is 15.9 Å². The Balaban J connectivity index is 2.51. The lowest BCUT2D eigenvalue weighted by atomic mass is 10.2. The summed E-state index contributed by atoms with van der Waals surface area (Å²) in [7, 11) is 0. The van der Waals surface area contributed by atoms with Crippen LogP contribution in [0.3, 0.4) is 0 Å². The van der Waals surface area contributed by atoms with Crippen molar-refractivity contribution in [2.45, 2.75) is 26.4 Å².